The highest BCUT2D eigenvalue weighted by Gasteiger charge is 2.13. The van der Waals surface area contributed by atoms with E-state index in [0.717, 1.165) is 44.0 Å². The number of benzene rings is 1. The Morgan fingerprint density at radius 1 is 1.28 bits per heavy atom. The first-order chi connectivity index (χ1) is 8.81. The SMILES string of the molecule is CC/C(=C/C(=O)c1ccccc1)N1CCOCC1. The van der Waals surface area contributed by atoms with Gasteiger partial charge in [0.2, 0.25) is 0 Å². The molecule has 18 heavy (non-hydrogen) atoms. The number of ketones is 1. The smallest absolute Gasteiger partial charge is 0.187 e. The molecule has 3 nitrogen and oxygen atoms in total. The highest BCUT2D eigenvalue weighted by atomic mass is 16.5. The Kier molecular flexibility index (Phi) is 4.53. The lowest BCUT2D eigenvalue weighted by Crippen LogP contribution is -2.35. The van der Waals surface area contributed by atoms with Gasteiger partial charge in [0.15, 0.2) is 5.78 Å². The molecule has 0 spiro atoms. The molecule has 0 aromatic heterocycles. The molecule has 0 radical (unpaired) electrons. The van der Waals surface area contributed by atoms with Gasteiger partial charge in [-0.05, 0) is 6.42 Å². The van der Waals surface area contributed by atoms with Crippen molar-refractivity contribution in [2.45, 2.75) is 13.3 Å². The fourth-order valence-corrected chi connectivity index (χ4v) is 2.10. The van der Waals surface area contributed by atoms with E-state index in [-0.39, 0.29) is 5.78 Å². The second-order valence-electron chi connectivity index (χ2n) is 4.32. The van der Waals surface area contributed by atoms with Crippen molar-refractivity contribution in [3.8, 4) is 0 Å². The molecular weight excluding hydrogens is 226 g/mol. The summed E-state index contributed by atoms with van der Waals surface area (Å²) in [5.74, 6) is 0.0824. The maximum atomic E-state index is 12.1. The summed E-state index contributed by atoms with van der Waals surface area (Å²) in [5.41, 5.74) is 1.85. The fraction of sp³-hybridized carbons (Fsp3) is 0.400. The van der Waals surface area contributed by atoms with Gasteiger partial charge in [0.25, 0.3) is 0 Å². The van der Waals surface area contributed by atoms with Gasteiger partial charge in [-0.3, -0.25) is 4.79 Å². The summed E-state index contributed by atoms with van der Waals surface area (Å²) in [7, 11) is 0. The van der Waals surface area contributed by atoms with Crippen LogP contribution in [0.4, 0.5) is 0 Å². The Morgan fingerprint density at radius 2 is 1.94 bits per heavy atom. The van der Waals surface area contributed by atoms with Crippen LogP contribution in [0.15, 0.2) is 42.1 Å². The minimum absolute atomic E-state index is 0.0824. The Morgan fingerprint density at radius 3 is 2.56 bits per heavy atom. The minimum Gasteiger partial charge on any atom is -0.378 e. The molecule has 1 aromatic rings. The number of hydrogen-bond acceptors (Lipinski definition) is 3. The predicted octanol–water partition coefficient (Wildman–Crippen LogP) is 2.50. The second-order valence-corrected chi connectivity index (χ2v) is 4.32. The molecule has 3 heteroatoms. The maximum Gasteiger partial charge on any atom is 0.187 e. The standard InChI is InChI=1S/C15H19NO2/c1-2-14(16-8-10-18-11-9-16)12-15(17)13-6-4-3-5-7-13/h3-7,12H,2,8-11H2,1H3/b14-12-. The van der Waals surface area contributed by atoms with Crippen molar-refractivity contribution in [1.82, 2.24) is 4.90 Å². The number of morpholine rings is 1. The van der Waals surface area contributed by atoms with E-state index in [1.165, 1.54) is 0 Å². The zero-order valence-corrected chi connectivity index (χ0v) is 10.8. The molecule has 1 aromatic carbocycles. The van der Waals surface area contributed by atoms with E-state index in [1.54, 1.807) is 6.08 Å². The van der Waals surface area contributed by atoms with Gasteiger partial charge in [-0.15, -0.1) is 0 Å². The Labute approximate surface area is 108 Å². The van der Waals surface area contributed by atoms with E-state index in [1.807, 2.05) is 30.3 Å². The maximum absolute atomic E-state index is 12.1. The highest BCUT2D eigenvalue weighted by molar-refractivity contribution is 6.04. The molecule has 1 aliphatic heterocycles. The number of allylic oxidation sites excluding steroid dienone is 2. The molecule has 1 aliphatic rings. The zero-order chi connectivity index (χ0) is 12.8. The normalized spacial score (nSPS) is 16.7. The average Bonchev–Trinajstić information content (AvgIpc) is 2.46. The van der Waals surface area contributed by atoms with Crippen LogP contribution >= 0.6 is 0 Å². The van der Waals surface area contributed by atoms with E-state index >= 15 is 0 Å². The Bertz CT molecular complexity index is 419. The third kappa shape index (κ3) is 3.20. The third-order valence-corrected chi connectivity index (χ3v) is 3.14. The van der Waals surface area contributed by atoms with Gasteiger partial charge in [-0.25, -0.2) is 0 Å². The molecule has 0 N–H and O–H groups in total. The minimum atomic E-state index is 0.0824. The van der Waals surface area contributed by atoms with Crippen molar-refractivity contribution in [3.05, 3.63) is 47.7 Å². The van der Waals surface area contributed by atoms with Gasteiger partial charge >= 0.3 is 0 Å². The molecular formula is C15H19NO2. The summed E-state index contributed by atoms with van der Waals surface area (Å²) in [6.07, 6.45) is 2.64. The van der Waals surface area contributed by atoms with Crippen LogP contribution < -0.4 is 0 Å². The van der Waals surface area contributed by atoms with Crippen molar-refractivity contribution in [2.24, 2.45) is 0 Å². The quantitative estimate of drug-likeness (QED) is 0.603. The van der Waals surface area contributed by atoms with Crippen molar-refractivity contribution in [3.63, 3.8) is 0 Å². The van der Waals surface area contributed by atoms with Gasteiger partial charge < -0.3 is 9.64 Å². The second kappa shape index (κ2) is 6.36. The third-order valence-electron chi connectivity index (χ3n) is 3.14. The van der Waals surface area contributed by atoms with E-state index < -0.39 is 0 Å². The van der Waals surface area contributed by atoms with Crippen molar-refractivity contribution in [1.29, 1.82) is 0 Å². The van der Waals surface area contributed by atoms with Crippen LogP contribution in [0.25, 0.3) is 0 Å². The predicted molar refractivity (Wildman–Crippen MR) is 71.5 cm³/mol. The molecule has 0 saturated carbocycles. The van der Waals surface area contributed by atoms with Crippen LogP contribution in [0, 0.1) is 0 Å². The van der Waals surface area contributed by atoms with Crippen LogP contribution in [-0.4, -0.2) is 37.0 Å². The Hall–Kier alpha value is -1.61. The molecule has 96 valence electrons. The zero-order valence-electron chi connectivity index (χ0n) is 10.8. The van der Waals surface area contributed by atoms with Crippen LogP contribution in [-0.2, 0) is 4.74 Å². The molecule has 0 unspecified atom stereocenters. The molecule has 1 heterocycles. The lowest BCUT2D eigenvalue weighted by Gasteiger charge is -2.30. The fourth-order valence-electron chi connectivity index (χ4n) is 2.10. The number of carbonyl (C=O) groups excluding carboxylic acids is 1. The molecule has 1 saturated heterocycles. The monoisotopic (exact) mass is 245 g/mol. The van der Waals surface area contributed by atoms with E-state index in [9.17, 15) is 4.79 Å². The average molecular weight is 245 g/mol. The number of carbonyl (C=O) groups is 1. The summed E-state index contributed by atoms with van der Waals surface area (Å²) in [6, 6.07) is 9.41. The Balaban J connectivity index is 2.11. The molecule has 0 bridgehead atoms. The number of ether oxygens (including phenoxy) is 1. The van der Waals surface area contributed by atoms with Crippen molar-refractivity contribution < 1.29 is 9.53 Å². The first-order valence-corrected chi connectivity index (χ1v) is 6.44. The van der Waals surface area contributed by atoms with E-state index in [4.69, 9.17) is 4.74 Å². The summed E-state index contributed by atoms with van der Waals surface area (Å²) in [6.45, 7) is 5.33. The van der Waals surface area contributed by atoms with Gasteiger partial charge in [-0.2, -0.15) is 0 Å². The van der Waals surface area contributed by atoms with Crippen molar-refractivity contribution >= 4 is 5.78 Å². The molecule has 0 aliphatic carbocycles. The molecule has 0 atom stereocenters. The summed E-state index contributed by atoms with van der Waals surface area (Å²) in [4.78, 5) is 14.4. The first kappa shape index (κ1) is 12.8. The summed E-state index contributed by atoms with van der Waals surface area (Å²) < 4.78 is 5.33. The number of nitrogens with zero attached hydrogens (tertiary/aromatic N) is 1. The van der Waals surface area contributed by atoms with Crippen LogP contribution in [0.3, 0.4) is 0 Å². The van der Waals surface area contributed by atoms with Crippen LogP contribution in [0.1, 0.15) is 23.7 Å². The van der Waals surface area contributed by atoms with Gasteiger partial charge in [0.05, 0.1) is 13.2 Å². The van der Waals surface area contributed by atoms with Gasteiger partial charge in [-0.1, -0.05) is 37.3 Å². The lowest BCUT2D eigenvalue weighted by atomic mass is 10.1. The van der Waals surface area contributed by atoms with Crippen LogP contribution in [0.5, 0.6) is 0 Å². The van der Waals surface area contributed by atoms with E-state index in [2.05, 4.69) is 11.8 Å². The lowest BCUT2D eigenvalue weighted by molar-refractivity contribution is 0.0521. The van der Waals surface area contributed by atoms with Crippen molar-refractivity contribution in [2.75, 3.05) is 26.3 Å². The first-order valence-electron chi connectivity index (χ1n) is 6.44. The highest BCUT2D eigenvalue weighted by Crippen LogP contribution is 2.13. The van der Waals surface area contributed by atoms with E-state index in [0.29, 0.717) is 0 Å². The topological polar surface area (TPSA) is 29.5 Å². The summed E-state index contributed by atoms with van der Waals surface area (Å²) >= 11 is 0. The molecule has 1 fully saturated rings. The van der Waals surface area contributed by atoms with Gasteiger partial charge in [0.1, 0.15) is 0 Å². The number of hydrogen-bond donors (Lipinski definition) is 0. The molecule has 2 rings (SSSR count). The largest absolute Gasteiger partial charge is 0.378 e. The van der Waals surface area contributed by atoms with Crippen LogP contribution in [0.2, 0.25) is 0 Å². The molecule has 0 amide bonds. The summed E-state index contributed by atoms with van der Waals surface area (Å²) in [5, 5.41) is 0. The van der Waals surface area contributed by atoms with Gasteiger partial charge in [0, 0.05) is 30.4 Å². The number of rotatable bonds is 4.